The lowest BCUT2D eigenvalue weighted by atomic mass is 9.90. The molecule has 6 heteroatoms. The molecule has 1 N–H and O–H groups in total. The minimum Gasteiger partial charge on any atom is -0.368 e. The first-order valence-corrected chi connectivity index (χ1v) is 9.14. The Bertz CT molecular complexity index is 750. The van der Waals surface area contributed by atoms with Crippen molar-refractivity contribution in [1.82, 2.24) is 15.5 Å². The Hall–Kier alpha value is -2.21. The summed E-state index contributed by atoms with van der Waals surface area (Å²) in [6, 6.07) is 6.05. The maximum atomic E-state index is 12.3. The van der Waals surface area contributed by atoms with E-state index < -0.39 is 0 Å². The number of carbonyl (C=O) groups is 1. The Balaban J connectivity index is 1.30. The molecule has 132 valence electrons. The number of hydrogen-bond donors (Lipinski definition) is 1. The van der Waals surface area contributed by atoms with Gasteiger partial charge in [-0.3, -0.25) is 4.79 Å². The summed E-state index contributed by atoms with van der Waals surface area (Å²) in [7, 11) is 0. The zero-order chi connectivity index (χ0) is 17.1. The van der Waals surface area contributed by atoms with Gasteiger partial charge in [0.15, 0.2) is 5.82 Å². The second kappa shape index (κ2) is 7.35. The molecule has 1 saturated heterocycles. The molecular weight excluding hydrogens is 318 g/mol. The van der Waals surface area contributed by atoms with Crippen LogP contribution >= 0.6 is 0 Å². The Morgan fingerprint density at radius 2 is 2.08 bits per heavy atom. The van der Waals surface area contributed by atoms with E-state index in [0.717, 1.165) is 37.9 Å². The molecule has 1 aliphatic carbocycles. The van der Waals surface area contributed by atoms with Crippen molar-refractivity contribution < 1.29 is 14.1 Å². The van der Waals surface area contributed by atoms with Gasteiger partial charge in [-0.2, -0.15) is 4.98 Å². The number of ether oxygens (including phenoxy) is 1. The van der Waals surface area contributed by atoms with Crippen LogP contribution in [-0.4, -0.2) is 29.2 Å². The van der Waals surface area contributed by atoms with E-state index in [1.807, 2.05) is 12.1 Å². The maximum Gasteiger partial charge on any atom is 0.255 e. The van der Waals surface area contributed by atoms with Crippen LogP contribution in [0.15, 0.2) is 22.7 Å². The summed E-state index contributed by atoms with van der Waals surface area (Å²) in [6.07, 6.45) is 7.10. The lowest BCUT2D eigenvalue weighted by Crippen LogP contribution is -2.26. The molecule has 2 heterocycles. The van der Waals surface area contributed by atoms with Gasteiger partial charge in [0, 0.05) is 25.1 Å². The van der Waals surface area contributed by atoms with E-state index in [9.17, 15) is 4.79 Å². The van der Waals surface area contributed by atoms with Crippen molar-refractivity contribution in [3.8, 4) is 0 Å². The monoisotopic (exact) mass is 341 g/mol. The molecule has 0 radical (unpaired) electrons. The number of fused-ring (bicyclic) bond motifs is 1. The van der Waals surface area contributed by atoms with Gasteiger partial charge in [-0.15, -0.1) is 0 Å². The van der Waals surface area contributed by atoms with Crippen LogP contribution in [-0.2, 0) is 24.0 Å². The average molecular weight is 341 g/mol. The van der Waals surface area contributed by atoms with E-state index in [2.05, 4.69) is 21.5 Å². The normalized spacial score (nSPS) is 19.6. The molecule has 0 spiro atoms. The van der Waals surface area contributed by atoms with Crippen molar-refractivity contribution in [2.45, 2.75) is 51.0 Å². The van der Waals surface area contributed by atoms with Gasteiger partial charge in [0.25, 0.3) is 11.8 Å². The molecule has 2 aliphatic rings. The molecule has 1 aromatic carbocycles. The largest absolute Gasteiger partial charge is 0.368 e. The fourth-order valence-electron chi connectivity index (χ4n) is 3.54. The predicted octanol–water partition coefficient (Wildman–Crippen LogP) is 2.77. The fourth-order valence-corrected chi connectivity index (χ4v) is 3.54. The van der Waals surface area contributed by atoms with Crippen molar-refractivity contribution in [1.29, 1.82) is 0 Å². The second-order valence-electron chi connectivity index (χ2n) is 6.75. The van der Waals surface area contributed by atoms with Crippen LogP contribution in [0.5, 0.6) is 0 Å². The zero-order valence-electron chi connectivity index (χ0n) is 14.3. The number of amides is 1. The number of hydrogen-bond acceptors (Lipinski definition) is 5. The molecule has 4 rings (SSSR count). The first kappa shape index (κ1) is 16.3. The average Bonchev–Trinajstić information content (AvgIpc) is 3.32. The number of benzene rings is 1. The third-order valence-corrected chi connectivity index (χ3v) is 4.93. The summed E-state index contributed by atoms with van der Waals surface area (Å²) >= 11 is 0. The molecule has 0 unspecified atom stereocenters. The van der Waals surface area contributed by atoms with Crippen molar-refractivity contribution >= 4 is 5.91 Å². The van der Waals surface area contributed by atoms with E-state index in [4.69, 9.17) is 9.26 Å². The Morgan fingerprint density at radius 1 is 1.20 bits per heavy atom. The van der Waals surface area contributed by atoms with Gasteiger partial charge >= 0.3 is 0 Å². The number of rotatable bonds is 5. The molecule has 1 aliphatic heterocycles. The highest BCUT2D eigenvalue weighted by Crippen LogP contribution is 2.27. The lowest BCUT2D eigenvalue weighted by molar-refractivity contribution is 0.0835. The van der Waals surface area contributed by atoms with E-state index in [1.165, 1.54) is 24.0 Å². The summed E-state index contributed by atoms with van der Waals surface area (Å²) in [5.41, 5.74) is 3.43. The number of nitrogens with one attached hydrogen (secondary N) is 1. The first-order valence-electron chi connectivity index (χ1n) is 9.14. The van der Waals surface area contributed by atoms with Crippen molar-refractivity contribution in [2.24, 2.45) is 0 Å². The van der Waals surface area contributed by atoms with Gasteiger partial charge in [0.1, 0.15) is 6.10 Å². The number of aromatic nitrogens is 2. The molecule has 1 amide bonds. The van der Waals surface area contributed by atoms with E-state index in [0.29, 0.717) is 24.7 Å². The molecular formula is C19H23N3O3. The molecule has 1 atom stereocenters. The predicted molar refractivity (Wildman–Crippen MR) is 91.3 cm³/mol. The smallest absolute Gasteiger partial charge is 0.255 e. The quantitative estimate of drug-likeness (QED) is 0.905. The van der Waals surface area contributed by atoms with Crippen LogP contribution in [0.25, 0.3) is 0 Å². The Kier molecular flexibility index (Phi) is 4.78. The van der Waals surface area contributed by atoms with E-state index >= 15 is 0 Å². The molecule has 0 bridgehead atoms. The van der Waals surface area contributed by atoms with Gasteiger partial charge in [0.05, 0.1) is 0 Å². The molecule has 0 saturated carbocycles. The van der Waals surface area contributed by atoms with Crippen molar-refractivity contribution in [3.63, 3.8) is 0 Å². The third kappa shape index (κ3) is 3.74. The molecule has 1 aromatic heterocycles. The van der Waals surface area contributed by atoms with Crippen LogP contribution in [0.1, 0.15) is 65.0 Å². The second-order valence-corrected chi connectivity index (χ2v) is 6.75. The van der Waals surface area contributed by atoms with Crippen LogP contribution in [0.4, 0.5) is 0 Å². The minimum absolute atomic E-state index is 0.0452. The van der Waals surface area contributed by atoms with Gasteiger partial charge in [0.2, 0.25) is 0 Å². The maximum absolute atomic E-state index is 12.3. The first-order chi connectivity index (χ1) is 12.3. The highest BCUT2D eigenvalue weighted by atomic mass is 16.5. The Morgan fingerprint density at radius 3 is 2.92 bits per heavy atom. The van der Waals surface area contributed by atoms with E-state index in [1.54, 1.807) is 0 Å². The number of aryl methyl sites for hydroxylation is 2. The number of nitrogens with zero attached hydrogens (tertiary/aromatic N) is 2. The fraction of sp³-hybridized carbons (Fsp3) is 0.526. The standard InChI is InChI=1S/C19H23N3O3/c23-18(15-8-7-13-4-1-2-5-14(13)12-15)20-10-9-17-21-19(25-22-17)16-6-3-11-24-16/h7-8,12,16H,1-6,9-11H2,(H,20,23)/t16-/m1/s1. The summed E-state index contributed by atoms with van der Waals surface area (Å²) in [5, 5.41) is 6.91. The van der Waals surface area contributed by atoms with Gasteiger partial charge in [-0.05, 0) is 61.8 Å². The minimum atomic E-state index is -0.0636. The Labute approximate surface area is 147 Å². The molecule has 6 nitrogen and oxygen atoms in total. The summed E-state index contributed by atoms with van der Waals surface area (Å²) in [5.74, 6) is 1.11. The highest BCUT2D eigenvalue weighted by Gasteiger charge is 2.23. The van der Waals surface area contributed by atoms with Crippen LogP contribution in [0.3, 0.4) is 0 Å². The van der Waals surface area contributed by atoms with Crippen LogP contribution in [0.2, 0.25) is 0 Å². The van der Waals surface area contributed by atoms with Crippen molar-refractivity contribution in [3.05, 3.63) is 46.6 Å². The molecule has 1 fully saturated rings. The van der Waals surface area contributed by atoms with Crippen molar-refractivity contribution in [2.75, 3.05) is 13.2 Å². The van der Waals surface area contributed by atoms with Crippen LogP contribution < -0.4 is 5.32 Å². The zero-order valence-corrected chi connectivity index (χ0v) is 14.3. The summed E-state index contributed by atoms with van der Waals surface area (Å²) in [4.78, 5) is 16.7. The summed E-state index contributed by atoms with van der Waals surface area (Å²) < 4.78 is 10.8. The van der Waals surface area contributed by atoms with Gasteiger partial charge in [-0.1, -0.05) is 11.2 Å². The summed E-state index contributed by atoms with van der Waals surface area (Å²) in [6.45, 7) is 1.24. The van der Waals surface area contributed by atoms with E-state index in [-0.39, 0.29) is 12.0 Å². The topological polar surface area (TPSA) is 77.2 Å². The lowest BCUT2D eigenvalue weighted by Gasteiger charge is -2.16. The molecule has 2 aromatic rings. The molecule has 25 heavy (non-hydrogen) atoms. The van der Waals surface area contributed by atoms with Gasteiger partial charge < -0.3 is 14.6 Å². The number of carbonyl (C=O) groups excluding carboxylic acids is 1. The van der Waals surface area contributed by atoms with Crippen LogP contribution in [0, 0.1) is 0 Å². The highest BCUT2D eigenvalue weighted by molar-refractivity contribution is 5.94. The van der Waals surface area contributed by atoms with Gasteiger partial charge in [-0.25, -0.2) is 0 Å². The third-order valence-electron chi connectivity index (χ3n) is 4.93. The SMILES string of the molecule is O=C(NCCc1noc([C@H]2CCCO2)n1)c1ccc2c(c1)CCCC2.